The van der Waals surface area contributed by atoms with Crippen LogP contribution in [0.5, 0.6) is 0 Å². The lowest BCUT2D eigenvalue weighted by molar-refractivity contribution is -0.137. The van der Waals surface area contributed by atoms with Crippen molar-refractivity contribution in [2.45, 2.75) is 32.7 Å². The summed E-state index contributed by atoms with van der Waals surface area (Å²) < 4.78 is 12.7. The molecule has 2 heterocycles. The van der Waals surface area contributed by atoms with E-state index in [4.69, 9.17) is 9.47 Å². The Kier molecular flexibility index (Phi) is 3.41. The number of hydrogen-bond acceptors (Lipinski definition) is 4. The zero-order chi connectivity index (χ0) is 13.3. The second-order valence-electron chi connectivity index (χ2n) is 4.93. The summed E-state index contributed by atoms with van der Waals surface area (Å²) in [5.74, 6) is -0.687. The molecule has 1 aliphatic heterocycles. The molecule has 0 saturated carbocycles. The van der Waals surface area contributed by atoms with E-state index in [2.05, 4.69) is 10.4 Å². The lowest BCUT2D eigenvalue weighted by Gasteiger charge is -2.17. The Bertz CT molecular complexity index is 453. The second-order valence-corrected chi connectivity index (χ2v) is 4.93. The molecule has 100 valence electrons. The number of carbonyl (C=O) groups excluding carboxylic acids is 1. The zero-order valence-electron chi connectivity index (χ0n) is 11.2. The largest absolute Gasteiger partial charge is 0.349 e. The molecule has 6 nitrogen and oxygen atoms in total. The molecule has 18 heavy (non-hydrogen) atoms. The number of rotatable bonds is 3. The van der Waals surface area contributed by atoms with E-state index in [-0.39, 0.29) is 12.0 Å². The van der Waals surface area contributed by atoms with Crippen LogP contribution in [0.15, 0.2) is 6.20 Å². The number of amides is 1. The van der Waals surface area contributed by atoms with Gasteiger partial charge in [0.1, 0.15) is 6.10 Å². The number of ether oxygens (including phenoxy) is 2. The van der Waals surface area contributed by atoms with Gasteiger partial charge in [0.05, 0.1) is 18.4 Å². The van der Waals surface area contributed by atoms with E-state index in [1.165, 1.54) is 0 Å². The topological polar surface area (TPSA) is 65.4 Å². The lowest BCUT2D eigenvalue weighted by Crippen LogP contribution is -2.34. The molecule has 1 unspecified atom stereocenters. The molecule has 0 bridgehead atoms. The fourth-order valence-electron chi connectivity index (χ4n) is 1.89. The highest BCUT2D eigenvalue weighted by molar-refractivity contribution is 5.95. The van der Waals surface area contributed by atoms with Gasteiger partial charge in [-0.2, -0.15) is 5.10 Å². The van der Waals surface area contributed by atoms with Gasteiger partial charge in [0.2, 0.25) is 0 Å². The molecule has 1 atom stereocenters. The van der Waals surface area contributed by atoms with E-state index in [9.17, 15) is 4.79 Å². The summed E-state index contributed by atoms with van der Waals surface area (Å²) in [4.78, 5) is 11.9. The molecule has 1 saturated heterocycles. The molecule has 1 aromatic heterocycles. The fraction of sp³-hybridized carbons (Fsp3) is 0.667. The Hall–Kier alpha value is -1.40. The Balaban J connectivity index is 1.88. The van der Waals surface area contributed by atoms with Gasteiger partial charge in [-0.05, 0) is 20.8 Å². The van der Waals surface area contributed by atoms with Gasteiger partial charge < -0.3 is 14.8 Å². The summed E-state index contributed by atoms with van der Waals surface area (Å²) in [7, 11) is 1.81. The molecular formula is C12H19N3O3. The number of hydrogen-bond donors (Lipinski definition) is 1. The average Bonchev–Trinajstić information content (AvgIpc) is 2.80. The summed E-state index contributed by atoms with van der Waals surface area (Å²) in [6.45, 7) is 6.52. The summed E-state index contributed by atoms with van der Waals surface area (Å²) in [6, 6.07) is 0. The third kappa shape index (κ3) is 2.70. The van der Waals surface area contributed by atoms with Crippen molar-refractivity contribution in [1.29, 1.82) is 0 Å². The SMILES string of the molecule is Cc1c(C(=O)NCC2COC(C)(C)O2)cnn1C. The van der Waals surface area contributed by atoms with Crippen LogP contribution in [-0.2, 0) is 16.5 Å². The van der Waals surface area contributed by atoms with Crippen LogP contribution in [0.4, 0.5) is 0 Å². The van der Waals surface area contributed by atoms with Crippen LogP contribution >= 0.6 is 0 Å². The molecule has 1 fully saturated rings. The molecule has 1 aliphatic rings. The van der Waals surface area contributed by atoms with Crippen molar-refractivity contribution < 1.29 is 14.3 Å². The lowest BCUT2D eigenvalue weighted by atomic mass is 10.2. The number of carbonyl (C=O) groups is 1. The maximum atomic E-state index is 11.9. The minimum atomic E-state index is -0.556. The normalized spacial score (nSPS) is 22.1. The van der Waals surface area contributed by atoms with Gasteiger partial charge in [0.25, 0.3) is 5.91 Å². The first-order valence-electron chi connectivity index (χ1n) is 5.97. The van der Waals surface area contributed by atoms with Crippen molar-refractivity contribution in [1.82, 2.24) is 15.1 Å². The highest BCUT2D eigenvalue weighted by Crippen LogP contribution is 2.21. The van der Waals surface area contributed by atoms with Crippen molar-refractivity contribution in [2.75, 3.05) is 13.2 Å². The van der Waals surface area contributed by atoms with Crippen LogP contribution in [0.2, 0.25) is 0 Å². The van der Waals surface area contributed by atoms with E-state index in [1.807, 2.05) is 27.8 Å². The minimum absolute atomic E-state index is 0.0964. The Morgan fingerprint density at radius 2 is 2.39 bits per heavy atom. The van der Waals surface area contributed by atoms with Gasteiger partial charge >= 0.3 is 0 Å². The van der Waals surface area contributed by atoms with Crippen LogP contribution in [0.25, 0.3) is 0 Å². The summed E-state index contributed by atoms with van der Waals surface area (Å²) in [5.41, 5.74) is 1.44. The Morgan fingerprint density at radius 1 is 1.67 bits per heavy atom. The number of aromatic nitrogens is 2. The van der Waals surface area contributed by atoms with E-state index in [0.29, 0.717) is 18.7 Å². The van der Waals surface area contributed by atoms with E-state index in [1.54, 1.807) is 10.9 Å². The van der Waals surface area contributed by atoms with Gasteiger partial charge in [-0.25, -0.2) is 0 Å². The first-order chi connectivity index (χ1) is 8.39. The van der Waals surface area contributed by atoms with Crippen molar-refractivity contribution in [3.05, 3.63) is 17.5 Å². The first-order valence-corrected chi connectivity index (χ1v) is 5.97. The molecule has 6 heteroatoms. The smallest absolute Gasteiger partial charge is 0.254 e. The van der Waals surface area contributed by atoms with Crippen LogP contribution in [0, 0.1) is 6.92 Å². The predicted molar refractivity (Wildman–Crippen MR) is 65.2 cm³/mol. The molecule has 1 amide bonds. The molecule has 0 radical (unpaired) electrons. The van der Waals surface area contributed by atoms with Crippen LogP contribution < -0.4 is 5.32 Å². The average molecular weight is 253 g/mol. The molecule has 1 N–H and O–H groups in total. The molecule has 0 aliphatic carbocycles. The Morgan fingerprint density at radius 3 is 2.89 bits per heavy atom. The van der Waals surface area contributed by atoms with Gasteiger partial charge in [0, 0.05) is 19.3 Å². The summed E-state index contributed by atoms with van der Waals surface area (Å²) in [5, 5.41) is 6.88. The van der Waals surface area contributed by atoms with Gasteiger partial charge in [-0.3, -0.25) is 9.48 Å². The van der Waals surface area contributed by atoms with Crippen LogP contribution in [0.3, 0.4) is 0 Å². The van der Waals surface area contributed by atoms with Crippen molar-refractivity contribution in [2.24, 2.45) is 7.05 Å². The van der Waals surface area contributed by atoms with Crippen LogP contribution in [0.1, 0.15) is 29.9 Å². The molecule has 0 spiro atoms. The number of nitrogens with one attached hydrogen (secondary N) is 1. The van der Waals surface area contributed by atoms with E-state index < -0.39 is 5.79 Å². The molecule has 0 aromatic carbocycles. The minimum Gasteiger partial charge on any atom is -0.349 e. The molecule has 1 aromatic rings. The highest BCUT2D eigenvalue weighted by atomic mass is 16.7. The maximum absolute atomic E-state index is 11.9. The monoisotopic (exact) mass is 253 g/mol. The molecule has 2 rings (SSSR count). The van der Waals surface area contributed by atoms with Crippen molar-refractivity contribution >= 4 is 5.91 Å². The van der Waals surface area contributed by atoms with E-state index >= 15 is 0 Å². The van der Waals surface area contributed by atoms with Gasteiger partial charge in [-0.1, -0.05) is 0 Å². The third-order valence-corrected chi connectivity index (χ3v) is 3.04. The summed E-state index contributed by atoms with van der Waals surface area (Å²) >= 11 is 0. The van der Waals surface area contributed by atoms with Crippen molar-refractivity contribution in [3.63, 3.8) is 0 Å². The van der Waals surface area contributed by atoms with E-state index in [0.717, 1.165) is 5.69 Å². The summed E-state index contributed by atoms with van der Waals surface area (Å²) in [6.07, 6.45) is 1.47. The first kappa shape index (κ1) is 13.0. The zero-order valence-corrected chi connectivity index (χ0v) is 11.2. The molecular weight excluding hydrogens is 234 g/mol. The third-order valence-electron chi connectivity index (χ3n) is 3.04. The Labute approximate surface area is 106 Å². The predicted octanol–water partition coefficient (Wildman–Crippen LogP) is 0.610. The second kappa shape index (κ2) is 4.70. The quantitative estimate of drug-likeness (QED) is 0.857. The van der Waals surface area contributed by atoms with Gasteiger partial charge in [0.15, 0.2) is 5.79 Å². The number of nitrogens with zero attached hydrogens (tertiary/aromatic N) is 2. The van der Waals surface area contributed by atoms with Crippen molar-refractivity contribution in [3.8, 4) is 0 Å². The number of aryl methyl sites for hydroxylation is 1. The van der Waals surface area contributed by atoms with Crippen LogP contribution in [-0.4, -0.2) is 40.7 Å². The van der Waals surface area contributed by atoms with Gasteiger partial charge in [-0.15, -0.1) is 0 Å². The standard InChI is InChI=1S/C12H19N3O3/c1-8-10(6-14-15(8)4)11(16)13-5-9-7-17-12(2,3)18-9/h6,9H,5,7H2,1-4H3,(H,13,16). The fourth-order valence-corrected chi connectivity index (χ4v) is 1.89. The highest BCUT2D eigenvalue weighted by Gasteiger charge is 2.32. The maximum Gasteiger partial charge on any atom is 0.254 e.